The number of fused-ring (bicyclic) bond motifs is 1. The quantitative estimate of drug-likeness (QED) is 0.625. The lowest BCUT2D eigenvalue weighted by Gasteiger charge is -2.11. The number of carbonyl (C=O) groups excluding carboxylic acids is 1. The molecule has 2 aromatic carbocycles. The number of hydrogen-bond donors (Lipinski definition) is 2. The monoisotopic (exact) mass is 362 g/mol. The second-order valence-corrected chi connectivity index (χ2v) is 5.68. The topological polar surface area (TPSA) is 53.0 Å². The Labute approximate surface area is 124 Å². The first-order valence-corrected chi connectivity index (χ1v) is 6.99. The SMILES string of the molecule is N=C(c1cccc(I)c1)C1C(=O)Nc2ccccc21. The van der Waals surface area contributed by atoms with Crippen molar-refractivity contribution in [3.63, 3.8) is 0 Å². The molecule has 0 saturated carbocycles. The van der Waals surface area contributed by atoms with E-state index in [2.05, 4.69) is 27.9 Å². The third-order valence-corrected chi connectivity index (χ3v) is 3.89. The van der Waals surface area contributed by atoms with E-state index in [9.17, 15) is 4.79 Å². The molecule has 0 bridgehead atoms. The molecular weight excluding hydrogens is 351 g/mol. The highest BCUT2D eigenvalue weighted by Gasteiger charge is 2.34. The van der Waals surface area contributed by atoms with Crippen LogP contribution in [0.4, 0.5) is 5.69 Å². The predicted octanol–water partition coefficient (Wildman–Crippen LogP) is 3.39. The minimum Gasteiger partial charge on any atom is -0.325 e. The van der Waals surface area contributed by atoms with Crippen molar-refractivity contribution in [1.82, 2.24) is 0 Å². The molecule has 1 atom stereocenters. The Kier molecular flexibility index (Phi) is 3.10. The smallest absolute Gasteiger partial charge is 0.238 e. The van der Waals surface area contributed by atoms with Gasteiger partial charge in [0.15, 0.2) is 0 Å². The van der Waals surface area contributed by atoms with E-state index in [4.69, 9.17) is 5.41 Å². The van der Waals surface area contributed by atoms with Crippen LogP contribution in [-0.4, -0.2) is 11.6 Å². The van der Waals surface area contributed by atoms with E-state index in [1.54, 1.807) is 0 Å². The summed E-state index contributed by atoms with van der Waals surface area (Å²) in [4.78, 5) is 12.1. The van der Waals surface area contributed by atoms with Gasteiger partial charge >= 0.3 is 0 Å². The van der Waals surface area contributed by atoms with Crippen LogP contribution < -0.4 is 5.32 Å². The van der Waals surface area contributed by atoms with Gasteiger partial charge in [-0.15, -0.1) is 0 Å². The summed E-state index contributed by atoms with van der Waals surface area (Å²) in [5, 5.41) is 11.2. The first-order valence-electron chi connectivity index (χ1n) is 5.91. The molecule has 0 aliphatic carbocycles. The summed E-state index contributed by atoms with van der Waals surface area (Å²) in [7, 11) is 0. The van der Waals surface area contributed by atoms with Gasteiger partial charge in [0, 0.05) is 9.26 Å². The lowest BCUT2D eigenvalue weighted by atomic mass is 9.91. The molecule has 1 unspecified atom stereocenters. The molecule has 1 aliphatic rings. The molecular formula is C15H11IN2O. The van der Waals surface area contributed by atoms with Crippen molar-refractivity contribution in [3.8, 4) is 0 Å². The van der Waals surface area contributed by atoms with Gasteiger partial charge in [0.25, 0.3) is 0 Å². The second kappa shape index (κ2) is 4.77. The fraction of sp³-hybridized carbons (Fsp3) is 0.0667. The molecule has 4 heteroatoms. The van der Waals surface area contributed by atoms with Gasteiger partial charge in [-0.2, -0.15) is 0 Å². The van der Waals surface area contributed by atoms with Crippen LogP contribution in [-0.2, 0) is 4.79 Å². The van der Waals surface area contributed by atoms with Gasteiger partial charge < -0.3 is 10.7 Å². The number of nitrogens with one attached hydrogen (secondary N) is 2. The fourth-order valence-electron chi connectivity index (χ4n) is 2.32. The van der Waals surface area contributed by atoms with Crippen LogP contribution in [0, 0.1) is 8.98 Å². The molecule has 0 aromatic heterocycles. The molecule has 94 valence electrons. The van der Waals surface area contributed by atoms with Crippen molar-refractivity contribution in [2.75, 3.05) is 5.32 Å². The van der Waals surface area contributed by atoms with Crippen molar-refractivity contribution < 1.29 is 4.79 Å². The van der Waals surface area contributed by atoms with Crippen molar-refractivity contribution in [2.45, 2.75) is 5.92 Å². The summed E-state index contributed by atoms with van der Waals surface area (Å²) in [5.74, 6) is -0.625. The van der Waals surface area contributed by atoms with E-state index in [0.717, 1.165) is 20.4 Å². The summed E-state index contributed by atoms with van der Waals surface area (Å²) >= 11 is 2.21. The zero-order chi connectivity index (χ0) is 13.4. The van der Waals surface area contributed by atoms with Crippen molar-refractivity contribution >= 4 is 39.9 Å². The molecule has 0 fully saturated rings. The van der Waals surface area contributed by atoms with Crippen LogP contribution >= 0.6 is 22.6 Å². The summed E-state index contributed by atoms with van der Waals surface area (Å²) in [6.45, 7) is 0. The van der Waals surface area contributed by atoms with Crippen molar-refractivity contribution in [3.05, 3.63) is 63.2 Å². The first-order chi connectivity index (χ1) is 9.16. The number of benzene rings is 2. The first kappa shape index (κ1) is 12.3. The van der Waals surface area contributed by atoms with E-state index in [0.29, 0.717) is 5.71 Å². The Hall–Kier alpha value is -1.69. The average Bonchev–Trinajstić information content (AvgIpc) is 2.74. The number of carbonyl (C=O) groups is 1. The van der Waals surface area contributed by atoms with Crippen LogP contribution in [0.25, 0.3) is 0 Å². The molecule has 3 rings (SSSR count). The molecule has 2 aromatic rings. The molecule has 0 radical (unpaired) electrons. The maximum atomic E-state index is 12.1. The van der Waals surface area contributed by atoms with Gasteiger partial charge in [-0.05, 0) is 51.9 Å². The zero-order valence-corrected chi connectivity index (χ0v) is 12.1. The van der Waals surface area contributed by atoms with Crippen LogP contribution in [0.1, 0.15) is 17.0 Å². The number of anilines is 1. The Morgan fingerprint density at radius 2 is 1.95 bits per heavy atom. The second-order valence-electron chi connectivity index (χ2n) is 4.43. The lowest BCUT2D eigenvalue weighted by molar-refractivity contribution is -0.115. The van der Waals surface area contributed by atoms with Crippen LogP contribution in [0.5, 0.6) is 0 Å². The van der Waals surface area contributed by atoms with E-state index < -0.39 is 5.92 Å². The molecule has 1 aliphatic heterocycles. The molecule has 0 spiro atoms. The van der Waals surface area contributed by atoms with Crippen LogP contribution in [0.2, 0.25) is 0 Å². The van der Waals surface area contributed by atoms with E-state index in [1.165, 1.54) is 0 Å². The number of amides is 1. The standard InChI is InChI=1S/C15H11IN2O/c16-10-5-3-4-9(8-10)14(17)13-11-6-1-2-7-12(11)18-15(13)19/h1-8,13,17H,(H,18,19). The number of rotatable bonds is 2. The highest BCUT2D eigenvalue weighted by molar-refractivity contribution is 14.1. The third-order valence-electron chi connectivity index (χ3n) is 3.22. The zero-order valence-electron chi connectivity index (χ0n) is 9.98. The molecule has 19 heavy (non-hydrogen) atoms. The average molecular weight is 362 g/mol. The van der Waals surface area contributed by atoms with Crippen LogP contribution in [0.15, 0.2) is 48.5 Å². The van der Waals surface area contributed by atoms with Crippen LogP contribution in [0.3, 0.4) is 0 Å². The molecule has 1 heterocycles. The Morgan fingerprint density at radius 1 is 1.16 bits per heavy atom. The summed E-state index contributed by atoms with van der Waals surface area (Å²) < 4.78 is 1.06. The Morgan fingerprint density at radius 3 is 2.74 bits per heavy atom. The Bertz CT molecular complexity index is 681. The van der Waals surface area contributed by atoms with E-state index >= 15 is 0 Å². The van der Waals surface area contributed by atoms with Gasteiger partial charge in [-0.3, -0.25) is 4.79 Å². The number of hydrogen-bond acceptors (Lipinski definition) is 2. The van der Waals surface area contributed by atoms with Gasteiger partial charge in [0.2, 0.25) is 5.91 Å². The minimum absolute atomic E-state index is 0.120. The normalized spacial score (nSPS) is 16.9. The van der Waals surface area contributed by atoms with Gasteiger partial charge in [0.1, 0.15) is 5.92 Å². The van der Waals surface area contributed by atoms with E-state index in [1.807, 2.05) is 48.5 Å². The van der Waals surface area contributed by atoms with Gasteiger partial charge in [-0.25, -0.2) is 0 Å². The minimum atomic E-state index is -0.505. The maximum absolute atomic E-state index is 12.1. The predicted molar refractivity (Wildman–Crippen MR) is 83.8 cm³/mol. The summed E-state index contributed by atoms with van der Waals surface area (Å²) in [5.41, 5.74) is 2.84. The fourth-order valence-corrected chi connectivity index (χ4v) is 2.86. The molecule has 0 saturated heterocycles. The highest BCUT2D eigenvalue weighted by atomic mass is 127. The van der Waals surface area contributed by atoms with Gasteiger partial charge in [-0.1, -0.05) is 30.3 Å². The lowest BCUT2D eigenvalue weighted by Crippen LogP contribution is -2.21. The van der Waals surface area contributed by atoms with Gasteiger partial charge in [0.05, 0.1) is 5.71 Å². The van der Waals surface area contributed by atoms with Crippen molar-refractivity contribution in [2.24, 2.45) is 0 Å². The molecule has 3 nitrogen and oxygen atoms in total. The maximum Gasteiger partial charge on any atom is 0.238 e. The molecule has 2 N–H and O–H groups in total. The highest BCUT2D eigenvalue weighted by Crippen LogP contribution is 2.34. The summed E-state index contributed by atoms with van der Waals surface area (Å²) in [6.07, 6.45) is 0. The summed E-state index contributed by atoms with van der Waals surface area (Å²) in [6, 6.07) is 15.2. The Balaban J connectivity index is 2.03. The number of para-hydroxylation sites is 1. The van der Waals surface area contributed by atoms with E-state index in [-0.39, 0.29) is 5.91 Å². The molecule has 1 amide bonds. The van der Waals surface area contributed by atoms with Crippen molar-refractivity contribution in [1.29, 1.82) is 5.41 Å². The third kappa shape index (κ3) is 2.16. The largest absolute Gasteiger partial charge is 0.325 e. The number of halogens is 1.